The van der Waals surface area contributed by atoms with Crippen LogP contribution in [0.25, 0.3) is 10.8 Å². The van der Waals surface area contributed by atoms with Crippen molar-refractivity contribution in [3.05, 3.63) is 23.4 Å². The second-order valence-electron chi connectivity index (χ2n) is 7.47. The van der Waals surface area contributed by atoms with Crippen LogP contribution in [0, 0.1) is 5.92 Å². The van der Waals surface area contributed by atoms with Crippen molar-refractivity contribution in [3.63, 3.8) is 0 Å². The number of likely N-dealkylation sites (tertiary alicyclic amines) is 1. The Morgan fingerprint density at radius 3 is 2.82 bits per heavy atom. The van der Waals surface area contributed by atoms with E-state index in [-0.39, 0.29) is 24.0 Å². The number of nitrogens with one attached hydrogen (secondary N) is 1. The molecule has 7 nitrogen and oxygen atoms in total. The van der Waals surface area contributed by atoms with Gasteiger partial charge in [0, 0.05) is 19.1 Å². The summed E-state index contributed by atoms with van der Waals surface area (Å²) in [5, 5.41) is 13.4. The Balaban J connectivity index is 1.41. The van der Waals surface area contributed by atoms with Crippen LogP contribution in [0.5, 0.6) is 0 Å². The van der Waals surface area contributed by atoms with Gasteiger partial charge in [-0.05, 0) is 64.6 Å². The molecule has 1 aliphatic rings. The molecule has 0 radical (unpaired) electrons. The molecule has 8 heteroatoms. The number of rotatable bonds is 9. The van der Waals surface area contributed by atoms with E-state index in [1.807, 2.05) is 31.4 Å². The molecule has 0 saturated carbocycles. The first-order valence-corrected chi connectivity index (χ1v) is 10.9. The number of amides is 1. The molecule has 2 aromatic rings. The van der Waals surface area contributed by atoms with E-state index in [1.165, 1.54) is 0 Å². The van der Waals surface area contributed by atoms with Crippen molar-refractivity contribution < 1.29 is 13.9 Å². The first-order chi connectivity index (χ1) is 13.5. The van der Waals surface area contributed by atoms with E-state index < -0.39 is 0 Å². The number of carbonyl (C=O) groups excluding carboxylic acids is 1. The summed E-state index contributed by atoms with van der Waals surface area (Å²) in [6.07, 6.45) is 2.79. The fourth-order valence-corrected chi connectivity index (χ4v) is 4.00. The predicted octanol–water partition coefficient (Wildman–Crippen LogP) is 3.50. The van der Waals surface area contributed by atoms with Gasteiger partial charge in [-0.25, -0.2) is 0 Å². The molecule has 154 valence electrons. The Bertz CT molecular complexity index is 724. The highest BCUT2D eigenvalue weighted by atomic mass is 32.1. The minimum atomic E-state index is 0.0541. The molecule has 28 heavy (non-hydrogen) atoms. The fraction of sp³-hybridized carbons (Fsp3) is 0.650. The molecule has 3 heterocycles. The molecule has 1 amide bonds. The van der Waals surface area contributed by atoms with Gasteiger partial charge < -0.3 is 14.5 Å². The topological polar surface area (TPSA) is 80.5 Å². The second kappa shape index (κ2) is 10.1. The summed E-state index contributed by atoms with van der Waals surface area (Å²) >= 11 is 1.59. The predicted molar refractivity (Wildman–Crippen MR) is 109 cm³/mol. The second-order valence-corrected chi connectivity index (χ2v) is 8.42. The number of ether oxygens (including phenoxy) is 1. The molecular formula is C20H30N4O3S. The zero-order chi connectivity index (χ0) is 19.9. The van der Waals surface area contributed by atoms with Crippen LogP contribution in [0.3, 0.4) is 0 Å². The summed E-state index contributed by atoms with van der Waals surface area (Å²) in [7, 11) is 0. The highest BCUT2D eigenvalue weighted by molar-refractivity contribution is 7.13. The molecule has 0 aliphatic carbocycles. The van der Waals surface area contributed by atoms with Crippen LogP contribution < -0.4 is 5.32 Å². The minimum absolute atomic E-state index is 0.0541. The van der Waals surface area contributed by atoms with Crippen LogP contribution in [0.4, 0.5) is 0 Å². The van der Waals surface area contributed by atoms with Gasteiger partial charge in [-0.15, -0.1) is 21.5 Å². The lowest BCUT2D eigenvalue weighted by Crippen LogP contribution is -2.41. The van der Waals surface area contributed by atoms with E-state index in [0.717, 1.165) is 37.2 Å². The first kappa shape index (κ1) is 21.0. The monoisotopic (exact) mass is 406 g/mol. The van der Waals surface area contributed by atoms with Gasteiger partial charge in [-0.3, -0.25) is 9.69 Å². The lowest BCUT2D eigenvalue weighted by atomic mass is 9.95. The van der Waals surface area contributed by atoms with E-state index in [9.17, 15) is 4.79 Å². The number of nitrogens with zero attached hydrogens (tertiary/aromatic N) is 3. The van der Waals surface area contributed by atoms with E-state index in [4.69, 9.17) is 9.15 Å². The van der Waals surface area contributed by atoms with E-state index in [0.29, 0.717) is 24.9 Å². The number of hydrogen-bond donors (Lipinski definition) is 1. The van der Waals surface area contributed by atoms with Crippen LogP contribution in [-0.2, 0) is 9.53 Å². The lowest BCUT2D eigenvalue weighted by Gasteiger charge is -2.34. The summed E-state index contributed by atoms with van der Waals surface area (Å²) in [4.78, 5) is 15.7. The van der Waals surface area contributed by atoms with Crippen LogP contribution in [0.2, 0.25) is 0 Å². The van der Waals surface area contributed by atoms with Crippen molar-refractivity contribution >= 4 is 17.2 Å². The summed E-state index contributed by atoms with van der Waals surface area (Å²) in [6.45, 7) is 9.19. The van der Waals surface area contributed by atoms with Crippen molar-refractivity contribution in [2.75, 3.05) is 26.2 Å². The van der Waals surface area contributed by atoms with Gasteiger partial charge in [0.1, 0.15) is 0 Å². The Morgan fingerprint density at radius 2 is 2.14 bits per heavy atom. The molecule has 0 spiro atoms. The van der Waals surface area contributed by atoms with Gasteiger partial charge in [0.15, 0.2) is 0 Å². The van der Waals surface area contributed by atoms with Crippen molar-refractivity contribution in [2.45, 2.75) is 52.2 Å². The van der Waals surface area contributed by atoms with Crippen molar-refractivity contribution in [1.29, 1.82) is 0 Å². The number of carbonyl (C=O) groups is 1. The van der Waals surface area contributed by atoms with Crippen molar-refractivity contribution in [2.24, 2.45) is 5.92 Å². The van der Waals surface area contributed by atoms with Crippen LogP contribution in [0.1, 0.15) is 52.0 Å². The molecule has 0 bridgehead atoms. The van der Waals surface area contributed by atoms with Gasteiger partial charge in [-0.2, -0.15) is 0 Å². The minimum Gasteiger partial charge on any atom is -0.418 e. The van der Waals surface area contributed by atoms with E-state index in [1.54, 1.807) is 11.3 Å². The Labute approximate surface area is 170 Å². The standard InChI is InChI=1S/C20H30N4O3S/c1-14(2)26-12-5-9-21-18(25)16-7-10-24(11-8-16)15(3)19-22-23-20(27-19)17-6-4-13-28-17/h4,6,13-16H,5,7-12H2,1-3H3,(H,21,25). The molecule has 0 aromatic carbocycles. The van der Waals surface area contributed by atoms with Crippen molar-refractivity contribution in [1.82, 2.24) is 20.4 Å². The third kappa shape index (κ3) is 5.62. The van der Waals surface area contributed by atoms with Gasteiger partial charge in [0.2, 0.25) is 11.8 Å². The third-order valence-electron chi connectivity index (χ3n) is 5.05. The molecule has 1 fully saturated rings. The zero-order valence-electron chi connectivity index (χ0n) is 16.9. The Hall–Kier alpha value is -1.77. The maximum Gasteiger partial charge on any atom is 0.257 e. The fourth-order valence-electron chi connectivity index (χ4n) is 3.36. The average molecular weight is 407 g/mol. The number of aromatic nitrogens is 2. The SMILES string of the molecule is CC(C)OCCCNC(=O)C1CCN(C(C)c2nnc(-c3cccs3)o2)CC1. The lowest BCUT2D eigenvalue weighted by molar-refractivity contribution is -0.126. The maximum absolute atomic E-state index is 12.4. The molecule has 1 atom stereocenters. The highest BCUT2D eigenvalue weighted by Crippen LogP contribution is 2.29. The number of hydrogen-bond acceptors (Lipinski definition) is 7. The van der Waals surface area contributed by atoms with Crippen LogP contribution in [0.15, 0.2) is 21.9 Å². The Kier molecular flexibility index (Phi) is 7.58. The average Bonchev–Trinajstić information content (AvgIpc) is 3.38. The van der Waals surface area contributed by atoms with Crippen molar-refractivity contribution in [3.8, 4) is 10.8 Å². The number of thiophene rings is 1. The molecule has 1 N–H and O–H groups in total. The molecule has 2 aromatic heterocycles. The first-order valence-electron chi connectivity index (χ1n) is 10.0. The Morgan fingerprint density at radius 1 is 1.36 bits per heavy atom. The van der Waals surface area contributed by atoms with E-state index >= 15 is 0 Å². The molecule has 1 unspecified atom stereocenters. The van der Waals surface area contributed by atoms with Gasteiger partial charge >= 0.3 is 0 Å². The normalized spacial score (nSPS) is 17.1. The molecule has 3 rings (SSSR count). The summed E-state index contributed by atoms with van der Waals surface area (Å²) in [5.41, 5.74) is 0. The quantitative estimate of drug-likeness (QED) is 0.642. The third-order valence-corrected chi connectivity index (χ3v) is 5.91. The largest absolute Gasteiger partial charge is 0.418 e. The summed E-state index contributed by atoms with van der Waals surface area (Å²) in [6, 6.07) is 4.00. The number of piperidine rings is 1. The smallest absolute Gasteiger partial charge is 0.257 e. The molecule has 1 aliphatic heterocycles. The van der Waals surface area contributed by atoms with E-state index in [2.05, 4.69) is 27.3 Å². The van der Waals surface area contributed by atoms with Crippen LogP contribution in [-0.4, -0.2) is 53.3 Å². The van der Waals surface area contributed by atoms with Crippen LogP contribution >= 0.6 is 11.3 Å². The van der Waals surface area contributed by atoms with Gasteiger partial charge in [-0.1, -0.05) is 6.07 Å². The molecular weight excluding hydrogens is 376 g/mol. The van der Waals surface area contributed by atoms with Gasteiger partial charge in [0.05, 0.1) is 17.0 Å². The highest BCUT2D eigenvalue weighted by Gasteiger charge is 2.29. The maximum atomic E-state index is 12.4. The van der Waals surface area contributed by atoms with Gasteiger partial charge in [0.25, 0.3) is 5.89 Å². The summed E-state index contributed by atoms with van der Waals surface area (Å²) < 4.78 is 11.4. The zero-order valence-corrected chi connectivity index (χ0v) is 17.7. The molecule has 1 saturated heterocycles. The summed E-state index contributed by atoms with van der Waals surface area (Å²) in [5.74, 6) is 1.46.